The molecule has 0 bridgehead atoms. The van der Waals surface area contributed by atoms with Crippen LogP contribution in [0.4, 0.5) is 0 Å². The molecule has 6 nitrogen and oxygen atoms in total. The zero-order valence-electron chi connectivity index (χ0n) is 10.8. The van der Waals surface area contributed by atoms with Gasteiger partial charge in [0.05, 0.1) is 6.54 Å². The normalized spacial score (nSPS) is 15.1. The lowest BCUT2D eigenvalue weighted by molar-refractivity contribution is 0.227. The summed E-state index contributed by atoms with van der Waals surface area (Å²) >= 11 is 0. The molecule has 1 fully saturated rings. The Labute approximate surface area is 110 Å². The summed E-state index contributed by atoms with van der Waals surface area (Å²) in [6.07, 6.45) is 4.11. The number of aromatic nitrogens is 3. The minimum Gasteiger partial charge on any atom is -0.338 e. The predicted molar refractivity (Wildman–Crippen MR) is 69.5 cm³/mol. The summed E-state index contributed by atoms with van der Waals surface area (Å²) in [5.41, 5.74) is 0.613. The summed E-state index contributed by atoms with van der Waals surface area (Å²) in [5.74, 6) is 1.13. The lowest BCUT2D eigenvalue weighted by Gasteiger charge is -2.16. The van der Waals surface area contributed by atoms with Gasteiger partial charge >= 0.3 is 0 Å². The first-order valence-corrected chi connectivity index (χ1v) is 6.52. The van der Waals surface area contributed by atoms with Crippen molar-refractivity contribution < 1.29 is 4.52 Å². The Bertz CT molecular complexity index is 595. The molecule has 19 heavy (non-hydrogen) atoms. The van der Waals surface area contributed by atoms with Crippen molar-refractivity contribution in [2.75, 3.05) is 6.54 Å². The van der Waals surface area contributed by atoms with Gasteiger partial charge in [0.2, 0.25) is 17.3 Å². The van der Waals surface area contributed by atoms with E-state index >= 15 is 0 Å². The fourth-order valence-electron chi connectivity index (χ4n) is 2.10. The van der Waals surface area contributed by atoms with Gasteiger partial charge < -0.3 is 9.51 Å². The van der Waals surface area contributed by atoms with E-state index < -0.39 is 0 Å². The van der Waals surface area contributed by atoms with Crippen LogP contribution in [0.3, 0.4) is 0 Å². The molecule has 0 atom stereocenters. The van der Waals surface area contributed by atoms with E-state index in [0.717, 1.165) is 12.1 Å². The van der Waals surface area contributed by atoms with E-state index in [1.807, 2.05) is 0 Å². The molecule has 6 heteroatoms. The molecule has 1 aliphatic carbocycles. The summed E-state index contributed by atoms with van der Waals surface area (Å²) in [7, 11) is 0. The van der Waals surface area contributed by atoms with E-state index in [-0.39, 0.29) is 5.56 Å². The van der Waals surface area contributed by atoms with Crippen molar-refractivity contribution in [1.82, 2.24) is 20.0 Å². The van der Waals surface area contributed by atoms with Crippen molar-refractivity contribution >= 4 is 0 Å². The van der Waals surface area contributed by atoms with Gasteiger partial charge in [0.25, 0.3) is 0 Å². The maximum absolute atomic E-state index is 11.0. The number of rotatable bonds is 5. The Morgan fingerprint density at radius 2 is 2.32 bits per heavy atom. The smallest absolute Gasteiger partial charge is 0.247 e. The van der Waals surface area contributed by atoms with Crippen molar-refractivity contribution in [3.8, 4) is 11.4 Å². The summed E-state index contributed by atoms with van der Waals surface area (Å²) in [5, 5.41) is 3.95. The maximum atomic E-state index is 11.0. The predicted octanol–water partition coefficient (Wildman–Crippen LogP) is 1.41. The van der Waals surface area contributed by atoms with Crippen LogP contribution < -0.4 is 5.56 Å². The van der Waals surface area contributed by atoms with Gasteiger partial charge in [-0.3, -0.25) is 9.69 Å². The third kappa shape index (κ3) is 2.73. The zero-order chi connectivity index (χ0) is 13.2. The molecular weight excluding hydrogens is 244 g/mol. The summed E-state index contributed by atoms with van der Waals surface area (Å²) in [4.78, 5) is 20.3. The molecule has 2 heterocycles. The molecule has 1 saturated carbocycles. The molecular formula is C13H16N4O2. The van der Waals surface area contributed by atoms with E-state index in [0.29, 0.717) is 24.3 Å². The van der Waals surface area contributed by atoms with Gasteiger partial charge in [-0.05, 0) is 25.5 Å². The maximum Gasteiger partial charge on any atom is 0.247 e. The number of H-pyrrole nitrogens is 1. The molecule has 0 spiro atoms. The van der Waals surface area contributed by atoms with Gasteiger partial charge in [0.1, 0.15) is 0 Å². The van der Waals surface area contributed by atoms with Crippen LogP contribution in [0, 0.1) is 0 Å². The van der Waals surface area contributed by atoms with Crippen LogP contribution >= 0.6 is 0 Å². The average molecular weight is 260 g/mol. The quantitative estimate of drug-likeness (QED) is 0.879. The fraction of sp³-hybridized carbons (Fsp3) is 0.462. The molecule has 1 N–H and O–H groups in total. The van der Waals surface area contributed by atoms with Crippen molar-refractivity contribution in [3.05, 3.63) is 34.6 Å². The van der Waals surface area contributed by atoms with Crippen LogP contribution in [0.15, 0.2) is 27.6 Å². The molecule has 100 valence electrons. The average Bonchev–Trinajstić information content (AvgIpc) is 3.16. The molecule has 0 saturated heterocycles. The third-order valence-electron chi connectivity index (χ3n) is 3.32. The van der Waals surface area contributed by atoms with Crippen molar-refractivity contribution in [2.45, 2.75) is 32.4 Å². The Hall–Kier alpha value is -1.95. The minimum atomic E-state index is -0.140. The standard InChI is InChI=1S/C13H16N4O2/c1-2-17(10-4-5-10)8-12-15-13(16-19-12)9-3-6-11(18)14-7-9/h3,6-7,10H,2,4-5,8H2,1H3,(H,14,18). The van der Waals surface area contributed by atoms with Crippen molar-refractivity contribution in [3.63, 3.8) is 0 Å². The molecule has 1 aliphatic rings. The highest BCUT2D eigenvalue weighted by atomic mass is 16.5. The zero-order valence-corrected chi connectivity index (χ0v) is 10.8. The van der Waals surface area contributed by atoms with Crippen molar-refractivity contribution in [2.24, 2.45) is 0 Å². The topological polar surface area (TPSA) is 75.0 Å². The van der Waals surface area contributed by atoms with E-state index in [1.165, 1.54) is 18.9 Å². The Morgan fingerprint density at radius 1 is 1.47 bits per heavy atom. The van der Waals surface area contributed by atoms with Crippen LogP contribution in [0.5, 0.6) is 0 Å². The second-order valence-corrected chi connectivity index (χ2v) is 4.75. The van der Waals surface area contributed by atoms with Crippen LogP contribution in [0.2, 0.25) is 0 Å². The van der Waals surface area contributed by atoms with Crippen LogP contribution in [-0.4, -0.2) is 32.6 Å². The summed E-state index contributed by atoms with van der Waals surface area (Å²) in [6, 6.07) is 3.81. The molecule has 0 aromatic carbocycles. The highest BCUT2D eigenvalue weighted by Crippen LogP contribution is 2.27. The monoisotopic (exact) mass is 260 g/mol. The van der Waals surface area contributed by atoms with E-state index in [4.69, 9.17) is 4.52 Å². The van der Waals surface area contributed by atoms with Crippen LogP contribution in [-0.2, 0) is 6.54 Å². The molecule has 2 aromatic rings. The number of hydrogen-bond donors (Lipinski definition) is 1. The van der Waals surface area contributed by atoms with Gasteiger partial charge in [-0.2, -0.15) is 4.98 Å². The minimum absolute atomic E-state index is 0.140. The Balaban J connectivity index is 1.75. The molecule has 2 aromatic heterocycles. The number of nitrogens with zero attached hydrogens (tertiary/aromatic N) is 3. The molecule has 0 aliphatic heterocycles. The van der Waals surface area contributed by atoms with Crippen LogP contribution in [0.25, 0.3) is 11.4 Å². The largest absolute Gasteiger partial charge is 0.338 e. The third-order valence-corrected chi connectivity index (χ3v) is 3.32. The van der Waals surface area contributed by atoms with E-state index in [9.17, 15) is 4.79 Å². The lowest BCUT2D eigenvalue weighted by Crippen LogP contribution is -2.25. The second-order valence-electron chi connectivity index (χ2n) is 4.75. The summed E-state index contributed by atoms with van der Waals surface area (Å²) < 4.78 is 5.26. The van der Waals surface area contributed by atoms with Gasteiger partial charge in [-0.1, -0.05) is 12.1 Å². The number of aromatic amines is 1. The van der Waals surface area contributed by atoms with Gasteiger partial charge in [-0.25, -0.2) is 0 Å². The highest BCUT2D eigenvalue weighted by Gasteiger charge is 2.29. The SMILES string of the molecule is CCN(Cc1nc(-c2ccc(=O)[nH]c2)no1)C1CC1. The second kappa shape index (κ2) is 4.97. The Morgan fingerprint density at radius 3 is 2.95 bits per heavy atom. The number of pyridine rings is 1. The summed E-state index contributed by atoms with van der Waals surface area (Å²) in [6.45, 7) is 3.82. The van der Waals surface area contributed by atoms with Gasteiger partial charge in [0, 0.05) is 23.9 Å². The van der Waals surface area contributed by atoms with Crippen LogP contribution in [0.1, 0.15) is 25.7 Å². The molecule has 0 amide bonds. The van der Waals surface area contributed by atoms with Crippen molar-refractivity contribution in [1.29, 1.82) is 0 Å². The van der Waals surface area contributed by atoms with E-state index in [2.05, 4.69) is 26.9 Å². The van der Waals surface area contributed by atoms with Gasteiger partial charge in [0.15, 0.2) is 0 Å². The number of nitrogens with one attached hydrogen (secondary N) is 1. The first kappa shape index (κ1) is 12.1. The number of hydrogen-bond acceptors (Lipinski definition) is 5. The Kier molecular flexibility index (Phi) is 3.16. The first-order valence-electron chi connectivity index (χ1n) is 6.52. The first-order chi connectivity index (χ1) is 9.26. The lowest BCUT2D eigenvalue weighted by atomic mass is 10.3. The fourth-order valence-corrected chi connectivity index (χ4v) is 2.10. The van der Waals surface area contributed by atoms with E-state index in [1.54, 1.807) is 12.3 Å². The molecule has 3 rings (SSSR count). The molecule has 0 unspecified atom stereocenters. The highest BCUT2D eigenvalue weighted by molar-refractivity contribution is 5.51. The molecule has 0 radical (unpaired) electrons. The van der Waals surface area contributed by atoms with Gasteiger partial charge in [-0.15, -0.1) is 0 Å².